The highest BCUT2D eigenvalue weighted by molar-refractivity contribution is 5.72. The van der Waals surface area contributed by atoms with Gasteiger partial charge in [-0.05, 0) is 31.5 Å². The molecule has 1 heterocycles. The average Bonchev–Trinajstić information content (AvgIpc) is 2.68. The van der Waals surface area contributed by atoms with Crippen LogP contribution in [0.5, 0.6) is 0 Å². The lowest BCUT2D eigenvalue weighted by Gasteiger charge is -2.15. The number of nitrogens with zero attached hydrogens (tertiary/aromatic N) is 1. The third-order valence-electron chi connectivity index (χ3n) is 2.68. The number of fused-ring (bicyclic) bond motifs is 1. The van der Waals surface area contributed by atoms with Crippen molar-refractivity contribution in [1.29, 1.82) is 5.26 Å². The normalized spacial score (nSPS) is 11.6. The second-order valence-corrected chi connectivity index (χ2v) is 4.94. The van der Waals surface area contributed by atoms with Gasteiger partial charge in [-0.3, -0.25) is 4.98 Å². The van der Waals surface area contributed by atoms with E-state index in [4.69, 9.17) is 9.68 Å². The second-order valence-electron chi connectivity index (χ2n) is 4.94. The van der Waals surface area contributed by atoms with Crippen LogP contribution in [0.25, 0.3) is 11.1 Å². The standard InChI is InChI=1S/C13H15N3O2/c1-13(2,7-14)8-15-6-9-3-4-10-11(5-9)18-12(17)16-10/h3-5,15H,6,8H2,1-2H3,(H,16,17). The molecule has 2 N–H and O–H groups in total. The Bertz CT molecular complexity index is 646. The predicted molar refractivity (Wildman–Crippen MR) is 67.9 cm³/mol. The molecule has 94 valence electrons. The molecular formula is C13H15N3O2. The van der Waals surface area contributed by atoms with Gasteiger partial charge in [-0.15, -0.1) is 0 Å². The summed E-state index contributed by atoms with van der Waals surface area (Å²) < 4.78 is 4.99. The molecule has 0 fully saturated rings. The quantitative estimate of drug-likeness (QED) is 0.859. The molecule has 1 aromatic carbocycles. The molecule has 2 rings (SSSR count). The monoisotopic (exact) mass is 245 g/mol. The predicted octanol–water partition coefficient (Wildman–Crippen LogP) is 1.76. The number of hydrogen-bond acceptors (Lipinski definition) is 4. The highest BCUT2D eigenvalue weighted by Crippen LogP contribution is 2.14. The van der Waals surface area contributed by atoms with Gasteiger partial charge in [-0.25, -0.2) is 4.79 Å². The van der Waals surface area contributed by atoms with Crippen molar-refractivity contribution in [3.05, 3.63) is 34.3 Å². The van der Waals surface area contributed by atoms with Gasteiger partial charge < -0.3 is 9.73 Å². The molecule has 0 aliphatic carbocycles. The first-order valence-electron chi connectivity index (χ1n) is 5.74. The highest BCUT2D eigenvalue weighted by Gasteiger charge is 2.15. The summed E-state index contributed by atoms with van der Waals surface area (Å²) in [7, 11) is 0. The Kier molecular flexibility index (Phi) is 3.21. The van der Waals surface area contributed by atoms with Gasteiger partial charge in [0, 0.05) is 13.1 Å². The number of H-pyrrole nitrogens is 1. The third-order valence-corrected chi connectivity index (χ3v) is 2.68. The summed E-state index contributed by atoms with van der Waals surface area (Å²) in [6.07, 6.45) is 0. The third kappa shape index (κ3) is 2.79. The minimum absolute atomic E-state index is 0.384. The Labute approximate surface area is 104 Å². The van der Waals surface area contributed by atoms with Crippen molar-refractivity contribution in [3.8, 4) is 6.07 Å². The van der Waals surface area contributed by atoms with Crippen LogP contribution in [0.2, 0.25) is 0 Å². The second kappa shape index (κ2) is 4.67. The zero-order valence-electron chi connectivity index (χ0n) is 10.4. The summed E-state index contributed by atoms with van der Waals surface area (Å²) in [6, 6.07) is 7.78. The molecule has 0 unspecified atom stereocenters. The molecule has 0 bridgehead atoms. The van der Waals surface area contributed by atoms with Crippen LogP contribution in [-0.4, -0.2) is 11.5 Å². The lowest BCUT2D eigenvalue weighted by molar-refractivity contribution is 0.445. The van der Waals surface area contributed by atoms with Crippen molar-refractivity contribution in [1.82, 2.24) is 10.3 Å². The first kappa shape index (κ1) is 12.4. The SMILES string of the molecule is CC(C)(C#N)CNCc1ccc2[nH]c(=O)oc2c1. The molecule has 0 aliphatic rings. The van der Waals surface area contributed by atoms with Crippen molar-refractivity contribution in [3.63, 3.8) is 0 Å². The Morgan fingerprint density at radius 3 is 3.00 bits per heavy atom. The smallest absolute Gasteiger partial charge is 0.408 e. The first-order valence-corrected chi connectivity index (χ1v) is 5.74. The maximum absolute atomic E-state index is 11.0. The van der Waals surface area contributed by atoms with Crippen molar-refractivity contribution in [2.45, 2.75) is 20.4 Å². The lowest BCUT2D eigenvalue weighted by atomic mass is 9.96. The van der Waals surface area contributed by atoms with E-state index in [-0.39, 0.29) is 5.41 Å². The van der Waals surface area contributed by atoms with Gasteiger partial charge >= 0.3 is 5.76 Å². The number of hydrogen-bond donors (Lipinski definition) is 2. The molecule has 0 aliphatic heterocycles. The number of oxazole rings is 1. The van der Waals surface area contributed by atoms with Gasteiger partial charge in [0.25, 0.3) is 0 Å². The number of aromatic amines is 1. The molecule has 18 heavy (non-hydrogen) atoms. The van der Waals surface area contributed by atoms with Crippen LogP contribution in [0.4, 0.5) is 0 Å². The highest BCUT2D eigenvalue weighted by atomic mass is 16.4. The van der Waals surface area contributed by atoms with Crippen LogP contribution in [0, 0.1) is 16.7 Å². The zero-order chi connectivity index (χ0) is 13.2. The molecule has 0 spiro atoms. The van der Waals surface area contributed by atoms with E-state index in [0.717, 1.165) is 5.56 Å². The molecule has 2 aromatic rings. The van der Waals surface area contributed by atoms with Crippen LogP contribution < -0.4 is 11.1 Å². The van der Waals surface area contributed by atoms with Crippen LogP contribution in [0.15, 0.2) is 27.4 Å². The fourth-order valence-corrected chi connectivity index (χ4v) is 1.66. The summed E-state index contributed by atoms with van der Waals surface area (Å²) in [4.78, 5) is 13.6. The minimum atomic E-state index is -0.444. The average molecular weight is 245 g/mol. The van der Waals surface area contributed by atoms with Crippen molar-refractivity contribution < 1.29 is 4.42 Å². The van der Waals surface area contributed by atoms with E-state index in [0.29, 0.717) is 24.2 Å². The molecule has 0 radical (unpaired) electrons. The van der Waals surface area contributed by atoms with Gasteiger partial charge in [0.05, 0.1) is 17.0 Å². The fourth-order valence-electron chi connectivity index (χ4n) is 1.66. The van der Waals surface area contributed by atoms with Crippen molar-refractivity contribution >= 4 is 11.1 Å². The first-order chi connectivity index (χ1) is 8.50. The molecule has 1 aromatic heterocycles. The largest absolute Gasteiger partial charge is 0.417 e. The summed E-state index contributed by atoms with van der Waals surface area (Å²) in [5.41, 5.74) is 1.88. The Morgan fingerprint density at radius 1 is 1.50 bits per heavy atom. The molecule has 5 nitrogen and oxygen atoms in total. The van der Waals surface area contributed by atoms with Crippen molar-refractivity contribution in [2.24, 2.45) is 5.41 Å². The van der Waals surface area contributed by atoms with E-state index in [1.165, 1.54) is 0 Å². The molecular weight excluding hydrogens is 230 g/mol. The van der Waals surface area contributed by atoms with E-state index in [9.17, 15) is 4.79 Å². The molecule has 0 saturated carbocycles. The molecule has 5 heteroatoms. The van der Waals surface area contributed by atoms with Gasteiger partial charge in [0.1, 0.15) is 0 Å². The van der Waals surface area contributed by atoms with E-state index in [1.54, 1.807) is 0 Å². The molecule has 0 saturated heterocycles. The van der Waals surface area contributed by atoms with E-state index in [2.05, 4.69) is 16.4 Å². The van der Waals surface area contributed by atoms with Gasteiger partial charge in [-0.2, -0.15) is 5.26 Å². The lowest BCUT2D eigenvalue weighted by Crippen LogP contribution is -2.27. The van der Waals surface area contributed by atoms with Gasteiger partial charge in [-0.1, -0.05) is 6.07 Å². The van der Waals surface area contributed by atoms with Crippen LogP contribution >= 0.6 is 0 Å². The maximum Gasteiger partial charge on any atom is 0.417 e. The van der Waals surface area contributed by atoms with Crippen LogP contribution in [-0.2, 0) is 6.54 Å². The van der Waals surface area contributed by atoms with Gasteiger partial charge in [0.15, 0.2) is 5.58 Å². The number of rotatable bonds is 4. The Hall–Kier alpha value is -2.06. The fraction of sp³-hybridized carbons (Fsp3) is 0.385. The summed E-state index contributed by atoms with van der Waals surface area (Å²) in [6.45, 7) is 5.01. The number of aromatic nitrogens is 1. The summed E-state index contributed by atoms with van der Waals surface area (Å²) >= 11 is 0. The summed E-state index contributed by atoms with van der Waals surface area (Å²) in [5, 5.41) is 12.1. The number of nitrogens with one attached hydrogen (secondary N) is 2. The van der Waals surface area contributed by atoms with Gasteiger partial charge in [0.2, 0.25) is 0 Å². The summed E-state index contributed by atoms with van der Waals surface area (Å²) in [5.74, 6) is -0.444. The Balaban J connectivity index is 2.04. The van der Waals surface area contributed by atoms with Crippen molar-refractivity contribution in [2.75, 3.05) is 6.54 Å². The topological polar surface area (TPSA) is 81.8 Å². The van der Waals surface area contributed by atoms with E-state index in [1.807, 2.05) is 32.0 Å². The zero-order valence-corrected chi connectivity index (χ0v) is 10.4. The van der Waals surface area contributed by atoms with Crippen LogP contribution in [0.3, 0.4) is 0 Å². The minimum Gasteiger partial charge on any atom is -0.408 e. The van der Waals surface area contributed by atoms with E-state index >= 15 is 0 Å². The Morgan fingerprint density at radius 2 is 2.28 bits per heavy atom. The maximum atomic E-state index is 11.0. The number of nitriles is 1. The van der Waals surface area contributed by atoms with Crippen LogP contribution in [0.1, 0.15) is 19.4 Å². The molecule has 0 amide bonds. The van der Waals surface area contributed by atoms with E-state index < -0.39 is 5.76 Å². The molecule has 0 atom stereocenters. The number of benzene rings is 1.